The molecule has 0 aliphatic heterocycles. The summed E-state index contributed by atoms with van der Waals surface area (Å²) in [6.45, 7) is 7.42. The molecular formula is C18H28CaO7S. The van der Waals surface area contributed by atoms with Gasteiger partial charge in [-0.1, -0.05) is 27.7 Å². The predicted octanol–water partition coefficient (Wildman–Crippen LogP) is 2.71. The second-order valence-corrected chi connectivity index (χ2v) is 7.33. The molecule has 1 aromatic rings. The van der Waals surface area contributed by atoms with Gasteiger partial charge in [0.25, 0.3) is 10.1 Å². The van der Waals surface area contributed by atoms with Crippen molar-refractivity contribution in [2.24, 2.45) is 0 Å². The molecule has 0 aliphatic rings. The van der Waals surface area contributed by atoms with Gasteiger partial charge in [-0.2, -0.15) is 8.42 Å². The van der Waals surface area contributed by atoms with E-state index in [2.05, 4.69) is 0 Å². The number of hydrogen-bond acceptors (Lipinski definition) is 6. The van der Waals surface area contributed by atoms with Crippen molar-refractivity contribution in [1.82, 2.24) is 0 Å². The Bertz CT molecular complexity index is 694. The number of carbonyl (C=O) groups excluding carboxylic acids is 2. The first kappa shape index (κ1) is 26.3. The van der Waals surface area contributed by atoms with Crippen molar-refractivity contribution < 1.29 is 32.0 Å². The Morgan fingerprint density at radius 3 is 1.44 bits per heavy atom. The minimum absolute atomic E-state index is 0. The summed E-state index contributed by atoms with van der Waals surface area (Å²) < 4.78 is 42.9. The summed E-state index contributed by atoms with van der Waals surface area (Å²) in [4.78, 5) is 24.1. The van der Waals surface area contributed by atoms with Crippen molar-refractivity contribution in [1.29, 1.82) is 0 Å². The van der Waals surface area contributed by atoms with Gasteiger partial charge >= 0.3 is 49.7 Å². The van der Waals surface area contributed by atoms with Gasteiger partial charge in [-0.25, -0.2) is 9.59 Å². The van der Waals surface area contributed by atoms with Gasteiger partial charge in [0.1, 0.15) is 12.2 Å². The molecule has 0 radical (unpaired) electrons. The van der Waals surface area contributed by atoms with E-state index >= 15 is 0 Å². The van der Waals surface area contributed by atoms with E-state index in [1.54, 1.807) is 0 Å². The van der Waals surface area contributed by atoms with Crippen LogP contribution in [0.5, 0.6) is 0 Å². The molecule has 0 saturated carbocycles. The van der Waals surface area contributed by atoms with E-state index in [0.29, 0.717) is 25.7 Å². The molecule has 150 valence electrons. The molecule has 7 nitrogen and oxygen atoms in total. The number of rotatable bonds is 9. The van der Waals surface area contributed by atoms with Crippen molar-refractivity contribution >= 4 is 59.8 Å². The van der Waals surface area contributed by atoms with Crippen LogP contribution in [0.2, 0.25) is 0 Å². The molecule has 9 heteroatoms. The molecule has 0 saturated heterocycles. The molecule has 0 spiro atoms. The topological polar surface area (TPSA) is 107 Å². The molecule has 0 atom stereocenters. The molecule has 1 aromatic carbocycles. The van der Waals surface area contributed by atoms with Gasteiger partial charge in [0, 0.05) is 0 Å². The standard InChI is InChI=1S/C18H26O7S.Ca.2H/c1-5-14(6-2)24-17(19)12-9-13(11-16(10-12)26(21,22)23)18(20)25-15(7-3)8-4;;;/h9-11,14-15H,5-8H2,1-4H3,(H,21,22,23);;;. The van der Waals surface area contributed by atoms with Gasteiger partial charge in [-0.15, -0.1) is 0 Å². The van der Waals surface area contributed by atoms with Crippen molar-refractivity contribution in [2.75, 3.05) is 0 Å². The fourth-order valence-corrected chi connectivity index (χ4v) is 2.88. The van der Waals surface area contributed by atoms with E-state index in [-0.39, 0.29) is 61.1 Å². The third-order valence-electron chi connectivity index (χ3n) is 4.04. The van der Waals surface area contributed by atoms with Gasteiger partial charge in [-0.05, 0) is 43.9 Å². The quantitative estimate of drug-likeness (QED) is 0.366. The molecule has 0 amide bonds. The summed E-state index contributed by atoms with van der Waals surface area (Å²) >= 11 is 0. The fraction of sp³-hybridized carbons (Fsp3) is 0.556. The van der Waals surface area contributed by atoms with Crippen LogP contribution < -0.4 is 0 Å². The molecule has 0 heterocycles. The van der Waals surface area contributed by atoms with Crippen LogP contribution in [0.3, 0.4) is 0 Å². The normalized spacial score (nSPS) is 11.2. The van der Waals surface area contributed by atoms with Gasteiger partial charge in [0.2, 0.25) is 0 Å². The van der Waals surface area contributed by atoms with E-state index in [9.17, 15) is 22.6 Å². The maximum absolute atomic E-state index is 12.3. The molecule has 0 aliphatic carbocycles. The molecule has 27 heavy (non-hydrogen) atoms. The van der Waals surface area contributed by atoms with Crippen LogP contribution in [0.1, 0.15) is 74.1 Å². The van der Waals surface area contributed by atoms with Crippen molar-refractivity contribution in [2.45, 2.75) is 70.5 Å². The fourth-order valence-electron chi connectivity index (χ4n) is 2.33. The maximum atomic E-state index is 12.3. The zero-order chi connectivity index (χ0) is 19.9. The van der Waals surface area contributed by atoms with Crippen LogP contribution in [0.15, 0.2) is 23.1 Å². The Hall–Kier alpha value is -0.670. The first-order valence-corrected chi connectivity index (χ1v) is 10.1. The van der Waals surface area contributed by atoms with Gasteiger partial charge < -0.3 is 9.47 Å². The summed E-state index contributed by atoms with van der Waals surface area (Å²) in [5.41, 5.74) is -0.271. The number of carbonyl (C=O) groups is 2. The Kier molecular flexibility index (Phi) is 11.7. The first-order chi connectivity index (χ1) is 12.2. The summed E-state index contributed by atoms with van der Waals surface area (Å²) in [6, 6.07) is 3.17. The van der Waals surface area contributed by atoms with Gasteiger partial charge in [0.05, 0.1) is 16.0 Å². The molecule has 1 rings (SSSR count). The van der Waals surface area contributed by atoms with Crippen LogP contribution in [0.4, 0.5) is 0 Å². The van der Waals surface area contributed by atoms with E-state index in [0.717, 1.165) is 12.1 Å². The number of ether oxygens (including phenoxy) is 2. The summed E-state index contributed by atoms with van der Waals surface area (Å²) in [5, 5.41) is 0. The summed E-state index contributed by atoms with van der Waals surface area (Å²) in [7, 11) is -4.61. The van der Waals surface area contributed by atoms with Crippen molar-refractivity contribution in [3.8, 4) is 0 Å². The second kappa shape index (κ2) is 12.0. The Balaban J connectivity index is 0.00000676. The minimum atomic E-state index is -4.61. The second-order valence-electron chi connectivity index (χ2n) is 5.91. The van der Waals surface area contributed by atoms with Gasteiger partial charge in [-0.3, -0.25) is 4.55 Å². The third-order valence-corrected chi connectivity index (χ3v) is 4.88. The monoisotopic (exact) mass is 428 g/mol. The SMILES string of the molecule is CCC(CC)OC(=O)c1cc(C(=O)OC(CC)CC)cc(S(=O)(=O)O)c1.[CaH2]. The van der Waals surface area contributed by atoms with Crippen molar-refractivity contribution in [3.63, 3.8) is 0 Å². The molecular weight excluding hydrogens is 400 g/mol. The van der Waals surface area contributed by atoms with E-state index < -0.39 is 27.0 Å². The summed E-state index contributed by atoms with van der Waals surface area (Å²) in [5.74, 6) is -1.53. The summed E-state index contributed by atoms with van der Waals surface area (Å²) in [6.07, 6.45) is 1.76. The predicted molar refractivity (Wildman–Crippen MR) is 104 cm³/mol. The van der Waals surface area contributed by atoms with Gasteiger partial charge in [0.15, 0.2) is 0 Å². The number of esters is 2. The third kappa shape index (κ3) is 8.07. The Labute approximate surface area is 190 Å². The average Bonchev–Trinajstić information content (AvgIpc) is 2.62. The molecule has 0 bridgehead atoms. The van der Waals surface area contributed by atoms with Crippen LogP contribution in [-0.2, 0) is 19.6 Å². The number of benzene rings is 1. The van der Waals surface area contributed by atoms with Crippen LogP contribution in [-0.4, -0.2) is 74.9 Å². The van der Waals surface area contributed by atoms with Crippen molar-refractivity contribution in [3.05, 3.63) is 29.3 Å². The van der Waals surface area contributed by atoms with E-state index in [1.807, 2.05) is 27.7 Å². The molecule has 0 fully saturated rings. The molecule has 0 aromatic heterocycles. The first-order valence-electron chi connectivity index (χ1n) is 8.70. The molecule has 0 unspecified atom stereocenters. The Morgan fingerprint density at radius 1 is 0.852 bits per heavy atom. The Morgan fingerprint density at radius 2 is 1.19 bits per heavy atom. The number of hydrogen-bond donors (Lipinski definition) is 1. The zero-order valence-corrected chi connectivity index (χ0v) is 16.3. The van der Waals surface area contributed by atoms with Crippen LogP contribution >= 0.6 is 0 Å². The zero-order valence-electron chi connectivity index (χ0n) is 15.5. The molecule has 1 N–H and O–H groups in total. The van der Waals surface area contributed by atoms with E-state index in [4.69, 9.17) is 9.47 Å². The van der Waals surface area contributed by atoms with Crippen LogP contribution in [0.25, 0.3) is 0 Å². The van der Waals surface area contributed by atoms with E-state index in [1.165, 1.54) is 6.07 Å². The average molecular weight is 429 g/mol. The van der Waals surface area contributed by atoms with Crippen LogP contribution in [0, 0.1) is 0 Å².